The second kappa shape index (κ2) is 8.04. The van der Waals surface area contributed by atoms with Crippen LogP contribution in [0.3, 0.4) is 0 Å². The largest absolute Gasteiger partial charge is 0.573 e. The Kier molecular flexibility index (Phi) is 5.39. The smallest absolute Gasteiger partial charge is 0.408 e. The minimum atomic E-state index is -4.81. The summed E-state index contributed by atoms with van der Waals surface area (Å²) in [5.41, 5.74) is 2.85. The molecular formula is C22H17F3N2O5. The van der Waals surface area contributed by atoms with Crippen molar-refractivity contribution in [2.45, 2.75) is 19.8 Å². The van der Waals surface area contributed by atoms with Crippen molar-refractivity contribution in [2.75, 3.05) is 6.61 Å². The van der Waals surface area contributed by atoms with E-state index in [1.54, 1.807) is 31.3 Å². The van der Waals surface area contributed by atoms with Crippen molar-refractivity contribution in [1.82, 2.24) is 9.13 Å². The highest BCUT2D eigenvalue weighted by Crippen LogP contribution is 2.28. The first-order chi connectivity index (χ1) is 15.2. The standard InChI is InChI=1S/C22H17F3N2O5/c1-13-10-20(29)27(15-3-5-16(6-4-15)32-22(23,24)25)12-17(13)14-2-7-18-19(11-14)31-21(30)26(18)8-9-28/h2-7,10-12,28H,8-9H2,1H3. The van der Waals surface area contributed by atoms with Gasteiger partial charge < -0.3 is 14.3 Å². The Morgan fingerprint density at radius 1 is 1.06 bits per heavy atom. The molecule has 4 rings (SSSR count). The molecule has 0 aliphatic heterocycles. The number of oxazole rings is 1. The first kappa shape index (κ1) is 21.4. The maximum absolute atomic E-state index is 12.5. The molecule has 0 spiro atoms. The second-order valence-corrected chi connectivity index (χ2v) is 7.05. The number of pyridine rings is 1. The summed E-state index contributed by atoms with van der Waals surface area (Å²) in [7, 11) is 0. The predicted octanol–water partition coefficient (Wildman–Crippen LogP) is 3.61. The Bertz CT molecular complexity index is 1400. The van der Waals surface area contributed by atoms with E-state index < -0.39 is 17.9 Å². The van der Waals surface area contributed by atoms with Gasteiger partial charge >= 0.3 is 12.1 Å². The zero-order valence-corrected chi connectivity index (χ0v) is 16.7. The van der Waals surface area contributed by atoms with Crippen LogP contribution in [0.4, 0.5) is 13.2 Å². The number of aromatic nitrogens is 2. The minimum absolute atomic E-state index is 0.100. The Labute approximate surface area is 178 Å². The molecule has 0 radical (unpaired) electrons. The molecule has 4 aromatic rings. The molecule has 1 N–H and O–H groups in total. The molecule has 0 saturated carbocycles. The number of fused-ring (bicyclic) bond motifs is 1. The number of ether oxygens (including phenoxy) is 1. The van der Waals surface area contributed by atoms with Crippen molar-refractivity contribution >= 4 is 11.1 Å². The number of aliphatic hydroxyl groups is 1. The zero-order chi connectivity index (χ0) is 23.0. The molecule has 0 bridgehead atoms. The average molecular weight is 446 g/mol. The molecule has 32 heavy (non-hydrogen) atoms. The van der Waals surface area contributed by atoms with Crippen molar-refractivity contribution < 1.29 is 27.4 Å². The number of hydrogen-bond acceptors (Lipinski definition) is 5. The van der Waals surface area contributed by atoms with E-state index in [0.29, 0.717) is 33.5 Å². The molecule has 0 unspecified atom stereocenters. The Morgan fingerprint density at radius 2 is 1.78 bits per heavy atom. The van der Waals surface area contributed by atoms with Gasteiger partial charge in [0.05, 0.1) is 18.7 Å². The fourth-order valence-corrected chi connectivity index (χ4v) is 3.49. The lowest BCUT2D eigenvalue weighted by Gasteiger charge is -2.13. The Hall–Kier alpha value is -3.79. The van der Waals surface area contributed by atoms with Crippen LogP contribution in [-0.2, 0) is 6.54 Å². The third-order valence-electron chi connectivity index (χ3n) is 4.91. The summed E-state index contributed by atoms with van der Waals surface area (Å²) in [4.78, 5) is 24.5. The number of benzene rings is 2. The van der Waals surface area contributed by atoms with Gasteiger partial charge in [-0.1, -0.05) is 6.07 Å². The lowest BCUT2D eigenvalue weighted by molar-refractivity contribution is -0.274. The van der Waals surface area contributed by atoms with Gasteiger partial charge in [-0.05, 0) is 54.4 Å². The van der Waals surface area contributed by atoms with Crippen LogP contribution >= 0.6 is 0 Å². The fourth-order valence-electron chi connectivity index (χ4n) is 3.49. The lowest BCUT2D eigenvalue weighted by Crippen LogP contribution is -2.19. The molecule has 7 nitrogen and oxygen atoms in total. The second-order valence-electron chi connectivity index (χ2n) is 7.05. The van der Waals surface area contributed by atoms with Crippen molar-refractivity contribution in [3.63, 3.8) is 0 Å². The maximum Gasteiger partial charge on any atom is 0.573 e. The third kappa shape index (κ3) is 4.17. The highest BCUT2D eigenvalue weighted by Gasteiger charge is 2.31. The maximum atomic E-state index is 12.5. The highest BCUT2D eigenvalue weighted by molar-refractivity contribution is 5.81. The molecule has 2 aromatic carbocycles. The first-order valence-electron chi connectivity index (χ1n) is 9.50. The van der Waals surface area contributed by atoms with E-state index in [1.807, 2.05) is 0 Å². The highest BCUT2D eigenvalue weighted by atomic mass is 19.4. The van der Waals surface area contributed by atoms with Gasteiger partial charge in [-0.3, -0.25) is 13.9 Å². The zero-order valence-electron chi connectivity index (χ0n) is 16.7. The summed E-state index contributed by atoms with van der Waals surface area (Å²) in [5, 5.41) is 9.13. The van der Waals surface area contributed by atoms with E-state index >= 15 is 0 Å². The van der Waals surface area contributed by atoms with Crippen LogP contribution in [-0.4, -0.2) is 27.2 Å². The van der Waals surface area contributed by atoms with E-state index in [4.69, 9.17) is 9.52 Å². The van der Waals surface area contributed by atoms with Crippen molar-refractivity contribution in [3.8, 4) is 22.6 Å². The van der Waals surface area contributed by atoms with Gasteiger partial charge in [0.15, 0.2) is 5.58 Å². The molecular weight excluding hydrogens is 429 g/mol. The first-order valence-corrected chi connectivity index (χ1v) is 9.50. The number of nitrogens with zero attached hydrogens (tertiary/aromatic N) is 2. The monoisotopic (exact) mass is 446 g/mol. The van der Waals surface area contributed by atoms with Crippen LogP contribution in [0.15, 0.2) is 68.7 Å². The van der Waals surface area contributed by atoms with Crippen LogP contribution in [0.1, 0.15) is 5.56 Å². The van der Waals surface area contributed by atoms with Crippen molar-refractivity contribution in [1.29, 1.82) is 0 Å². The van der Waals surface area contributed by atoms with Gasteiger partial charge in [-0.2, -0.15) is 0 Å². The number of halogens is 3. The van der Waals surface area contributed by atoms with Crippen molar-refractivity contribution in [2.24, 2.45) is 0 Å². The van der Waals surface area contributed by atoms with Gasteiger partial charge in [0, 0.05) is 23.5 Å². The number of aryl methyl sites for hydroxylation is 1. The van der Waals surface area contributed by atoms with E-state index in [1.165, 1.54) is 27.3 Å². The number of hydrogen-bond donors (Lipinski definition) is 1. The van der Waals surface area contributed by atoms with Crippen LogP contribution < -0.4 is 16.1 Å². The molecule has 0 aliphatic carbocycles. The minimum Gasteiger partial charge on any atom is -0.408 e. The van der Waals surface area contributed by atoms with Crippen molar-refractivity contribution in [3.05, 3.63) is 81.2 Å². The lowest BCUT2D eigenvalue weighted by atomic mass is 10.0. The van der Waals surface area contributed by atoms with E-state index in [-0.39, 0.29) is 18.7 Å². The normalized spacial score (nSPS) is 11.8. The summed E-state index contributed by atoms with van der Waals surface area (Å²) in [6.07, 6.45) is -3.24. The Morgan fingerprint density at radius 3 is 2.44 bits per heavy atom. The van der Waals surface area contributed by atoms with Crippen LogP contribution in [0.2, 0.25) is 0 Å². The summed E-state index contributed by atoms with van der Waals surface area (Å²) < 4.78 is 48.9. The molecule has 0 saturated heterocycles. The molecule has 0 amide bonds. The number of alkyl halides is 3. The molecule has 166 valence electrons. The SMILES string of the molecule is Cc1cc(=O)n(-c2ccc(OC(F)(F)F)cc2)cc1-c1ccc2c(c1)oc(=O)n2CCO. The molecule has 0 atom stereocenters. The summed E-state index contributed by atoms with van der Waals surface area (Å²) in [5.74, 6) is -0.983. The van der Waals surface area contributed by atoms with Gasteiger partial charge in [-0.15, -0.1) is 13.2 Å². The van der Waals surface area contributed by atoms with Crippen LogP contribution in [0, 0.1) is 6.92 Å². The molecule has 2 heterocycles. The molecule has 10 heteroatoms. The van der Waals surface area contributed by atoms with Gasteiger partial charge in [0.2, 0.25) is 0 Å². The molecule has 0 fully saturated rings. The topological polar surface area (TPSA) is 86.6 Å². The van der Waals surface area contributed by atoms with Crippen LogP contribution in [0.25, 0.3) is 27.9 Å². The van der Waals surface area contributed by atoms with Gasteiger partial charge in [-0.25, -0.2) is 4.79 Å². The fraction of sp³-hybridized carbons (Fsp3) is 0.182. The molecule has 0 aliphatic rings. The summed E-state index contributed by atoms with van der Waals surface area (Å²) >= 11 is 0. The number of aliphatic hydroxyl groups excluding tert-OH is 1. The summed E-state index contributed by atoms with van der Waals surface area (Å²) in [6.45, 7) is 1.63. The quantitative estimate of drug-likeness (QED) is 0.506. The van der Waals surface area contributed by atoms with Gasteiger partial charge in [0.25, 0.3) is 5.56 Å². The van der Waals surface area contributed by atoms with E-state index in [9.17, 15) is 22.8 Å². The van der Waals surface area contributed by atoms with E-state index in [0.717, 1.165) is 12.1 Å². The van der Waals surface area contributed by atoms with Crippen LogP contribution in [0.5, 0.6) is 5.75 Å². The summed E-state index contributed by atoms with van der Waals surface area (Å²) in [6, 6.07) is 11.4. The number of rotatable bonds is 5. The predicted molar refractivity (Wildman–Crippen MR) is 110 cm³/mol. The van der Waals surface area contributed by atoms with E-state index in [2.05, 4.69) is 4.74 Å². The average Bonchev–Trinajstić information content (AvgIpc) is 3.02. The third-order valence-corrected chi connectivity index (χ3v) is 4.91. The molecule has 2 aromatic heterocycles. The Balaban J connectivity index is 1.76. The van der Waals surface area contributed by atoms with Gasteiger partial charge in [0.1, 0.15) is 5.75 Å².